The van der Waals surface area contributed by atoms with Gasteiger partial charge >= 0.3 is 5.97 Å². The van der Waals surface area contributed by atoms with Crippen molar-refractivity contribution in [3.05, 3.63) is 48.2 Å². The van der Waals surface area contributed by atoms with Gasteiger partial charge < -0.3 is 19.8 Å². The minimum Gasteiger partial charge on any atom is -0.480 e. The fourth-order valence-corrected chi connectivity index (χ4v) is 2.20. The van der Waals surface area contributed by atoms with Crippen LogP contribution in [0.1, 0.15) is 10.4 Å². The molecule has 2 aromatic heterocycles. The molecule has 1 aromatic carbocycles. The summed E-state index contributed by atoms with van der Waals surface area (Å²) in [4.78, 5) is 19.0. The van der Waals surface area contributed by atoms with Gasteiger partial charge in [0.25, 0.3) is 0 Å². The highest BCUT2D eigenvalue weighted by Crippen LogP contribution is 2.24. The number of hydrogen-bond acceptors (Lipinski definition) is 5. The summed E-state index contributed by atoms with van der Waals surface area (Å²) < 4.78 is 9.84. The van der Waals surface area contributed by atoms with E-state index in [2.05, 4.69) is 15.3 Å². The van der Waals surface area contributed by atoms with Gasteiger partial charge in [0.2, 0.25) is 5.88 Å². The Morgan fingerprint density at radius 2 is 2.05 bits per heavy atom. The monoisotopic (exact) mass is 297 g/mol. The Morgan fingerprint density at radius 1 is 1.18 bits per heavy atom. The fourth-order valence-electron chi connectivity index (χ4n) is 2.20. The number of carbonyl (C=O) groups is 1. The summed E-state index contributed by atoms with van der Waals surface area (Å²) in [6.07, 6.45) is 1.89. The van der Waals surface area contributed by atoms with Crippen molar-refractivity contribution in [2.45, 2.75) is 0 Å². The number of nitrogens with one attached hydrogen (secondary N) is 2. The van der Waals surface area contributed by atoms with Crippen LogP contribution in [0.3, 0.4) is 0 Å². The van der Waals surface area contributed by atoms with Gasteiger partial charge in [-0.2, -0.15) is 4.98 Å². The van der Waals surface area contributed by atoms with Crippen molar-refractivity contribution >= 4 is 28.4 Å². The predicted molar refractivity (Wildman–Crippen MR) is 83.7 cm³/mol. The summed E-state index contributed by atoms with van der Waals surface area (Å²) in [7, 11) is 2.78. The second-order valence-electron chi connectivity index (χ2n) is 4.65. The molecule has 2 N–H and O–H groups in total. The van der Waals surface area contributed by atoms with Crippen LogP contribution in [0.5, 0.6) is 5.88 Å². The maximum absolute atomic E-state index is 11.6. The second kappa shape index (κ2) is 5.77. The Kier molecular flexibility index (Phi) is 3.65. The first-order valence-electron chi connectivity index (χ1n) is 6.69. The molecule has 0 spiro atoms. The summed E-state index contributed by atoms with van der Waals surface area (Å²) in [5, 5.41) is 4.32. The first-order chi connectivity index (χ1) is 10.7. The van der Waals surface area contributed by atoms with Crippen molar-refractivity contribution in [3.63, 3.8) is 0 Å². The van der Waals surface area contributed by atoms with Crippen molar-refractivity contribution in [1.29, 1.82) is 0 Å². The number of aromatic amines is 1. The molecule has 0 amide bonds. The van der Waals surface area contributed by atoms with E-state index >= 15 is 0 Å². The Labute approximate surface area is 127 Å². The molecule has 6 heteroatoms. The number of esters is 1. The van der Waals surface area contributed by atoms with Crippen LogP contribution in [-0.2, 0) is 4.74 Å². The Hall–Kier alpha value is -3.02. The molecule has 112 valence electrons. The van der Waals surface area contributed by atoms with E-state index in [0.717, 1.165) is 16.6 Å². The molecule has 0 fully saturated rings. The number of benzene rings is 1. The van der Waals surface area contributed by atoms with Gasteiger partial charge in [-0.1, -0.05) is 6.07 Å². The van der Waals surface area contributed by atoms with Gasteiger partial charge in [0.15, 0.2) is 0 Å². The molecule has 0 saturated heterocycles. The summed E-state index contributed by atoms with van der Waals surface area (Å²) in [5.41, 5.74) is 2.20. The van der Waals surface area contributed by atoms with Crippen molar-refractivity contribution < 1.29 is 14.3 Å². The highest BCUT2D eigenvalue weighted by atomic mass is 16.5. The van der Waals surface area contributed by atoms with E-state index < -0.39 is 5.97 Å². The van der Waals surface area contributed by atoms with Gasteiger partial charge in [0.05, 0.1) is 14.2 Å². The largest absolute Gasteiger partial charge is 0.480 e. The van der Waals surface area contributed by atoms with Crippen LogP contribution in [0.15, 0.2) is 42.6 Å². The van der Waals surface area contributed by atoms with E-state index in [0.29, 0.717) is 5.82 Å². The average Bonchev–Trinajstić information content (AvgIpc) is 3.01. The van der Waals surface area contributed by atoms with Gasteiger partial charge in [-0.15, -0.1) is 0 Å². The Bertz CT molecular complexity index is 826. The third-order valence-corrected chi connectivity index (χ3v) is 3.29. The van der Waals surface area contributed by atoms with Crippen LogP contribution in [0.4, 0.5) is 11.5 Å². The number of aromatic nitrogens is 2. The molecule has 3 aromatic rings. The molecule has 0 saturated carbocycles. The van der Waals surface area contributed by atoms with E-state index in [-0.39, 0.29) is 11.4 Å². The van der Waals surface area contributed by atoms with Crippen molar-refractivity contribution in [2.24, 2.45) is 0 Å². The fraction of sp³-hybridized carbons (Fsp3) is 0.125. The third kappa shape index (κ3) is 2.58. The highest BCUT2D eigenvalue weighted by molar-refractivity contribution is 5.92. The number of pyridine rings is 1. The normalized spacial score (nSPS) is 10.5. The van der Waals surface area contributed by atoms with E-state index in [1.165, 1.54) is 14.2 Å². The minimum atomic E-state index is -0.483. The number of hydrogen-bond donors (Lipinski definition) is 2. The number of fused-ring (bicyclic) bond motifs is 1. The highest BCUT2D eigenvalue weighted by Gasteiger charge is 2.14. The van der Waals surface area contributed by atoms with E-state index in [1.54, 1.807) is 12.1 Å². The van der Waals surface area contributed by atoms with Crippen LogP contribution in [-0.4, -0.2) is 30.2 Å². The Morgan fingerprint density at radius 3 is 2.82 bits per heavy atom. The zero-order valence-corrected chi connectivity index (χ0v) is 12.2. The molecular formula is C16H15N3O3. The van der Waals surface area contributed by atoms with Crippen LogP contribution in [0.25, 0.3) is 10.9 Å². The van der Waals surface area contributed by atoms with Crippen molar-refractivity contribution in [1.82, 2.24) is 9.97 Å². The SMILES string of the molecule is COC(=O)c1ccc(Nc2ccc3cc[nH]c3c2)nc1OC. The first kappa shape index (κ1) is 13.9. The van der Waals surface area contributed by atoms with E-state index in [9.17, 15) is 4.79 Å². The summed E-state index contributed by atoms with van der Waals surface area (Å²) in [5.74, 6) is 0.317. The lowest BCUT2D eigenvalue weighted by atomic mass is 10.2. The van der Waals surface area contributed by atoms with E-state index in [1.807, 2.05) is 30.5 Å². The molecule has 2 heterocycles. The number of carbonyl (C=O) groups excluding carboxylic acids is 1. The van der Waals surface area contributed by atoms with Gasteiger partial charge in [-0.3, -0.25) is 0 Å². The number of H-pyrrole nitrogens is 1. The zero-order chi connectivity index (χ0) is 15.5. The molecule has 0 bridgehead atoms. The van der Waals surface area contributed by atoms with Gasteiger partial charge in [-0.25, -0.2) is 4.79 Å². The average molecular weight is 297 g/mol. The lowest BCUT2D eigenvalue weighted by Gasteiger charge is -2.10. The molecule has 0 aliphatic heterocycles. The number of nitrogens with zero attached hydrogens (tertiary/aromatic N) is 1. The third-order valence-electron chi connectivity index (χ3n) is 3.29. The quantitative estimate of drug-likeness (QED) is 0.724. The van der Waals surface area contributed by atoms with Crippen molar-refractivity contribution in [2.75, 3.05) is 19.5 Å². The molecule has 0 atom stereocenters. The molecule has 6 nitrogen and oxygen atoms in total. The molecular weight excluding hydrogens is 282 g/mol. The van der Waals surface area contributed by atoms with Crippen LogP contribution < -0.4 is 10.1 Å². The molecule has 3 rings (SSSR count). The lowest BCUT2D eigenvalue weighted by Crippen LogP contribution is -2.06. The number of anilines is 2. The topological polar surface area (TPSA) is 76.2 Å². The first-order valence-corrected chi connectivity index (χ1v) is 6.69. The van der Waals surface area contributed by atoms with Crippen molar-refractivity contribution in [3.8, 4) is 5.88 Å². The number of ether oxygens (including phenoxy) is 2. The maximum atomic E-state index is 11.6. The number of rotatable bonds is 4. The summed E-state index contributed by atoms with van der Waals surface area (Å²) >= 11 is 0. The van der Waals surface area contributed by atoms with Gasteiger partial charge in [0, 0.05) is 17.4 Å². The minimum absolute atomic E-state index is 0.220. The summed E-state index contributed by atoms with van der Waals surface area (Å²) in [6.45, 7) is 0. The van der Waals surface area contributed by atoms with Crippen LogP contribution >= 0.6 is 0 Å². The predicted octanol–water partition coefficient (Wildman–Crippen LogP) is 3.10. The van der Waals surface area contributed by atoms with E-state index in [4.69, 9.17) is 9.47 Å². The van der Waals surface area contributed by atoms with Crippen LogP contribution in [0, 0.1) is 0 Å². The van der Waals surface area contributed by atoms with Crippen LogP contribution in [0.2, 0.25) is 0 Å². The summed E-state index contributed by atoms with van der Waals surface area (Å²) in [6, 6.07) is 11.3. The molecule has 0 aliphatic rings. The van der Waals surface area contributed by atoms with Gasteiger partial charge in [-0.05, 0) is 35.7 Å². The van der Waals surface area contributed by atoms with Gasteiger partial charge in [0.1, 0.15) is 11.4 Å². The zero-order valence-electron chi connectivity index (χ0n) is 12.2. The number of methoxy groups -OCH3 is 2. The Balaban J connectivity index is 1.89. The molecule has 0 radical (unpaired) electrons. The molecule has 22 heavy (non-hydrogen) atoms. The second-order valence-corrected chi connectivity index (χ2v) is 4.65. The smallest absolute Gasteiger partial charge is 0.343 e. The maximum Gasteiger partial charge on any atom is 0.343 e. The lowest BCUT2D eigenvalue weighted by molar-refractivity contribution is 0.0596. The molecule has 0 aliphatic carbocycles. The molecule has 0 unspecified atom stereocenters. The standard InChI is InChI=1S/C16H15N3O3/c1-21-15-12(16(20)22-2)5-6-14(19-15)18-11-4-3-10-7-8-17-13(10)9-11/h3-9,17H,1-2H3,(H,18,19).